The van der Waals surface area contributed by atoms with E-state index in [9.17, 15) is 4.79 Å². The van der Waals surface area contributed by atoms with E-state index in [-0.39, 0.29) is 0 Å². The Kier molecular flexibility index (Phi) is 3.38. The van der Waals surface area contributed by atoms with Gasteiger partial charge < -0.3 is 9.47 Å². The number of nitrogens with one attached hydrogen (secondary N) is 1. The first-order valence-corrected chi connectivity index (χ1v) is 6.17. The number of methoxy groups -OCH3 is 1. The molecule has 0 bridgehead atoms. The minimum Gasteiger partial charge on any atom is -0.452 e. The molecule has 0 aliphatic heterocycles. The number of carbonyl (C=O) groups excluding carboxylic acids is 1. The molecule has 2 heterocycles. The van der Waals surface area contributed by atoms with Crippen molar-refractivity contribution >= 4 is 17.1 Å². The summed E-state index contributed by atoms with van der Waals surface area (Å²) in [5, 5.41) is 0. The van der Waals surface area contributed by atoms with Crippen LogP contribution in [0.1, 0.15) is 0 Å². The summed E-state index contributed by atoms with van der Waals surface area (Å²) in [5.74, 6) is 1.12. The van der Waals surface area contributed by atoms with Gasteiger partial charge in [0.15, 0.2) is 0 Å². The molecule has 21 heavy (non-hydrogen) atoms. The smallest absolute Gasteiger partial charge is 0.426 e. The first-order chi connectivity index (χ1) is 10.3. The number of hydrogen-bond donors (Lipinski definition) is 1. The zero-order valence-corrected chi connectivity index (χ0v) is 11.2. The number of benzene rings is 1. The largest absolute Gasteiger partial charge is 0.452 e. The van der Waals surface area contributed by atoms with Gasteiger partial charge in [0.1, 0.15) is 12.1 Å². The van der Waals surface area contributed by atoms with Gasteiger partial charge in [-0.2, -0.15) is 0 Å². The van der Waals surface area contributed by atoms with Gasteiger partial charge in [0.25, 0.3) is 0 Å². The van der Waals surface area contributed by atoms with E-state index in [1.165, 1.54) is 18.1 Å². The van der Waals surface area contributed by atoms with E-state index in [1.54, 1.807) is 30.5 Å². The van der Waals surface area contributed by atoms with Crippen LogP contribution in [0.25, 0.3) is 11.0 Å². The first-order valence-electron chi connectivity index (χ1n) is 6.17. The summed E-state index contributed by atoms with van der Waals surface area (Å²) in [6.07, 6.45) is 2.58. The van der Waals surface area contributed by atoms with Crippen molar-refractivity contribution < 1.29 is 14.3 Å². The highest BCUT2D eigenvalue weighted by atomic mass is 16.5. The lowest BCUT2D eigenvalue weighted by Gasteiger charge is -2.06. The minimum absolute atomic E-state index is 0.504. The molecular formula is C14H12N4O3. The molecule has 0 spiro atoms. The van der Waals surface area contributed by atoms with Crippen LogP contribution in [0.5, 0.6) is 11.6 Å². The maximum atomic E-state index is 11.2. The fraction of sp³-hybridized carbons (Fsp3) is 0.0714. The minimum atomic E-state index is -0.567. The van der Waals surface area contributed by atoms with E-state index < -0.39 is 6.09 Å². The normalized spacial score (nSPS) is 10.3. The Bertz CT molecular complexity index is 770. The molecule has 1 amide bonds. The fourth-order valence-corrected chi connectivity index (χ4v) is 1.82. The lowest BCUT2D eigenvalue weighted by Crippen LogP contribution is -2.21. The van der Waals surface area contributed by atoms with Crippen LogP contribution < -0.4 is 10.2 Å². The summed E-state index contributed by atoms with van der Waals surface area (Å²) in [5.41, 5.74) is 3.93. The Hall–Kier alpha value is -3.09. The van der Waals surface area contributed by atoms with Crippen molar-refractivity contribution in [1.82, 2.24) is 14.6 Å². The molecule has 7 nitrogen and oxygen atoms in total. The molecule has 0 unspecified atom stereocenters. The molecule has 0 radical (unpaired) electrons. The second-order valence-electron chi connectivity index (χ2n) is 4.14. The van der Waals surface area contributed by atoms with Gasteiger partial charge in [-0.3, -0.25) is 0 Å². The van der Waals surface area contributed by atoms with E-state index in [4.69, 9.17) is 4.74 Å². The monoisotopic (exact) mass is 284 g/mol. The zero-order valence-electron chi connectivity index (χ0n) is 11.2. The number of aromatic nitrogens is 3. The molecule has 3 aromatic rings. The standard InChI is InChI=1S/C14H12N4O3/c1-20-14(19)17-18-9-16-11-8-10(5-6-12(11)18)21-13-4-2-3-7-15-13/h2-9H,1H3,(H,17,19). The molecule has 2 aromatic heterocycles. The van der Waals surface area contributed by atoms with Gasteiger partial charge in [-0.25, -0.2) is 24.9 Å². The average molecular weight is 284 g/mol. The van der Waals surface area contributed by atoms with Gasteiger partial charge in [-0.15, -0.1) is 0 Å². The Morgan fingerprint density at radius 3 is 2.90 bits per heavy atom. The quantitative estimate of drug-likeness (QED) is 0.799. The number of ether oxygens (including phenoxy) is 2. The molecule has 0 aliphatic rings. The molecule has 3 rings (SSSR count). The third-order valence-corrected chi connectivity index (χ3v) is 2.78. The Balaban J connectivity index is 1.86. The van der Waals surface area contributed by atoms with Crippen molar-refractivity contribution in [3.8, 4) is 11.6 Å². The van der Waals surface area contributed by atoms with Gasteiger partial charge in [-0.1, -0.05) is 6.07 Å². The number of pyridine rings is 1. The zero-order chi connectivity index (χ0) is 14.7. The summed E-state index contributed by atoms with van der Waals surface area (Å²) >= 11 is 0. The predicted octanol–water partition coefficient (Wildman–Crippen LogP) is 2.53. The fourth-order valence-electron chi connectivity index (χ4n) is 1.82. The summed E-state index contributed by atoms with van der Waals surface area (Å²) in [6.45, 7) is 0. The van der Waals surface area contributed by atoms with Crippen LogP contribution in [0.3, 0.4) is 0 Å². The second kappa shape index (κ2) is 5.49. The highest BCUT2D eigenvalue weighted by molar-refractivity contribution is 5.82. The SMILES string of the molecule is COC(=O)Nn1cnc2cc(Oc3ccccn3)ccc21. The Morgan fingerprint density at radius 1 is 1.24 bits per heavy atom. The molecule has 0 saturated carbocycles. The van der Waals surface area contributed by atoms with Gasteiger partial charge in [-0.05, 0) is 18.2 Å². The molecule has 7 heteroatoms. The van der Waals surface area contributed by atoms with E-state index in [0.29, 0.717) is 17.1 Å². The predicted molar refractivity (Wildman–Crippen MR) is 75.8 cm³/mol. The van der Waals surface area contributed by atoms with Crippen molar-refractivity contribution in [2.75, 3.05) is 12.5 Å². The maximum Gasteiger partial charge on any atom is 0.426 e. The van der Waals surface area contributed by atoms with Gasteiger partial charge in [0.2, 0.25) is 5.88 Å². The molecular weight excluding hydrogens is 272 g/mol. The van der Waals surface area contributed by atoms with E-state index >= 15 is 0 Å². The van der Waals surface area contributed by atoms with Crippen molar-refractivity contribution in [3.63, 3.8) is 0 Å². The average Bonchev–Trinajstić information content (AvgIpc) is 2.90. The van der Waals surface area contributed by atoms with Crippen molar-refractivity contribution in [2.45, 2.75) is 0 Å². The first kappa shape index (κ1) is 12.9. The van der Waals surface area contributed by atoms with E-state index in [2.05, 4.69) is 20.1 Å². The number of imidazole rings is 1. The van der Waals surface area contributed by atoms with Crippen LogP contribution in [0.15, 0.2) is 48.9 Å². The molecule has 0 saturated heterocycles. The number of rotatable bonds is 3. The van der Waals surface area contributed by atoms with E-state index in [0.717, 1.165) is 5.52 Å². The molecule has 0 fully saturated rings. The molecule has 1 aromatic carbocycles. The number of fused-ring (bicyclic) bond motifs is 1. The number of hydrogen-bond acceptors (Lipinski definition) is 5. The van der Waals surface area contributed by atoms with Crippen molar-refractivity contribution in [3.05, 3.63) is 48.9 Å². The van der Waals surface area contributed by atoms with Gasteiger partial charge >= 0.3 is 6.09 Å². The summed E-state index contributed by atoms with van der Waals surface area (Å²) in [7, 11) is 1.30. The topological polar surface area (TPSA) is 78.3 Å². The van der Waals surface area contributed by atoms with E-state index in [1.807, 2.05) is 12.1 Å². The lowest BCUT2D eigenvalue weighted by atomic mass is 10.3. The molecule has 0 atom stereocenters. The second-order valence-corrected chi connectivity index (χ2v) is 4.14. The van der Waals surface area contributed by atoms with Crippen molar-refractivity contribution in [1.29, 1.82) is 0 Å². The lowest BCUT2D eigenvalue weighted by molar-refractivity contribution is 0.183. The highest BCUT2D eigenvalue weighted by Crippen LogP contribution is 2.23. The van der Waals surface area contributed by atoms with Crippen LogP contribution in [0, 0.1) is 0 Å². The molecule has 0 aliphatic carbocycles. The number of nitrogens with zero attached hydrogens (tertiary/aromatic N) is 3. The van der Waals surface area contributed by atoms with Gasteiger partial charge in [0, 0.05) is 18.3 Å². The van der Waals surface area contributed by atoms with Crippen LogP contribution >= 0.6 is 0 Å². The molecule has 1 N–H and O–H groups in total. The maximum absolute atomic E-state index is 11.2. The highest BCUT2D eigenvalue weighted by Gasteiger charge is 2.07. The van der Waals surface area contributed by atoms with Crippen LogP contribution in [0.2, 0.25) is 0 Å². The van der Waals surface area contributed by atoms with Crippen LogP contribution in [0.4, 0.5) is 4.79 Å². The Morgan fingerprint density at radius 2 is 2.14 bits per heavy atom. The van der Waals surface area contributed by atoms with Gasteiger partial charge in [0.05, 0.1) is 18.1 Å². The van der Waals surface area contributed by atoms with Crippen LogP contribution in [-0.4, -0.2) is 27.8 Å². The summed E-state index contributed by atoms with van der Waals surface area (Å²) < 4.78 is 11.6. The van der Waals surface area contributed by atoms with Crippen molar-refractivity contribution in [2.24, 2.45) is 0 Å². The third-order valence-electron chi connectivity index (χ3n) is 2.78. The summed E-state index contributed by atoms with van der Waals surface area (Å²) in [4.78, 5) is 19.5. The molecule has 106 valence electrons. The summed E-state index contributed by atoms with van der Waals surface area (Å²) in [6, 6.07) is 10.7. The van der Waals surface area contributed by atoms with Crippen LogP contribution in [-0.2, 0) is 4.74 Å². The number of amides is 1. The Labute approximate surface area is 120 Å². The number of carbonyl (C=O) groups is 1. The third kappa shape index (κ3) is 2.76.